The smallest absolute Gasteiger partial charge is 0.321 e. The van der Waals surface area contributed by atoms with Crippen LogP contribution in [0.2, 0.25) is 0 Å². The van der Waals surface area contributed by atoms with Crippen molar-refractivity contribution < 1.29 is 9.59 Å². The molecule has 0 bridgehead atoms. The number of hydrogen-bond acceptors (Lipinski definition) is 3. The summed E-state index contributed by atoms with van der Waals surface area (Å²) in [4.78, 5) is 26.6. The Morgan fingerprint density at radius 3 is 2.68 bits per heavy atom. The molecule has 3 rings (SSSR count). The molecule has 2 heterocycles. The van der Waals surface area contributed by atoms with Gasteiger partial charge in [0.15, 0.2) is 0 Å². The number of hydrogen-bond donors (Lipinski definition) is 2. The number of nitrogens with zero attached hydrogens (tertiary/aromatic N) is 1. The molecule has 0 unspecified atom stereocenters. The Labute approximate surface area is 132 Å². The van der Waals surface area contributed by atoms with Crippen LogP contribution in [0.15, 0.2) is 41.8 Å². The van der Waals surface area contributed by atoms with Crippen LogP contribution >= 0.6 is 11.3 Å². The van der Waals surface area contributed by atoms with E-state index >= 15 is 0 Å². The van der Waals surface area contributed by atoms with Gasteiger partial charge in [0.25, 0.3) is 5.91 Å². The maximum atomic E-state index is 12.2. The SMILES string of the molecule is C[C@H](NC(=O)c1ccc(N2CCNC2=O)cc1)c1cccs1. The van der Waals surface area contributed by atoms with Crippen molar-refractivity contribution in [3.8, 4) is 0 Å². The van der Waals surface area contributed by atoms with Gasteiger partial charge < -0.3 is 10.6 Å². The number of amides is 3. The first-order chi connectivity index (χ1) is 10.6. The fraction of sp³-hybridized carbons (Fsp3) is 0.250. The maximum Gasteiger partial charge on any atom is 0.321 e. The predicted molar refractivity (Wildman–Crippen MR) is 87.4 cm³/mol. The van der Waals surface area contributed by atoms with Crippen LogP contribution in [0.5, 0.6) is 0 Å². The van der Waals surface area contributed by atoms with E-state index in [-0.39, 0.29) is 18.0 Å². The van der Waals surface area contributed by atoms with Crippen LogP contribution in [0.4, 0.5) is 10.5 Å². The highest BCUT2D eigenvalue weighted by atomic mass is 32.1. The molecule has 0 radical (unpaired) electrons. The molecular formula is C16H17N3O2S. The summed E-state index contributed by atoms with van der Waals surface area (Å²) in [5.74, 6) is -0.113. The first-order valence-corrected chi connectivity index (χ1v) is 8.03. The van der Waals surface area contributed by atoms with Gasteiger partial charge in [-0.05, 0) is 42.6 Å². The molecule has 114 valence electrons. The minimum Gasteiger partial charge on any atom is -0.345 e. The fourth-order valence-corrected chi connectivity index (χ4v) is 3.13. The van der Waals surface area contributed by atoms with Gasteiger partial charge in [-0.1, -0.05) is 6.07 Å². The van der Waals surface area contributed by atoms with E-state index in [1.54, 1.807) is 40.5 Å². The van der Waals surface area contributed by atoms with E-state index in [4.69, 9.17) is 0 Å². The molecule has 0 aliphatic carbocycles. The lowest BCUT2D eigenvalue weighted by atomic mass is 10.1. The van der Waals surface area contributed by atoms with Crippen molar-refractivity contribution in [3.05, 3.63) is 52.2 Å². The maximum absolute atomic E-state index is 12.2. The molecule has 3 amide bonds. The molecule has 2 N–H and O–H groups in total. The Hall–Kier alpha value is -2.34. The number of anilines is 1. The number of thiophene rings is 1. The highest BCUT2D eigenvalue weighted by Crippen LogP contribution is 2.20. The van der Waals surface area contributed by atoms with Gasteiger partial charge in [0, 0.05) is 29.2 Å². The van der Waals surface area contributed by atoms with Gasteiger partial charge >= 0.3 is 6.03 Å². The van der Waals surface area contributed by atoms with Gasteiger partial charge in [0.1, 0.15) is 0 Å². The highest BCUT2D eigenvalue weighted by Gasteiger charge is 2.21. The molecule has 1 aromatic heterocycles. The van der Waals surface area contributed by atoms with Gasteiger partial charge in [0.2, 0.25) is 0 Å². The van der Waals surface area contributed by atoms with Crippen molar-refractivity contribution in [2.24, 2.45) is 0 Å². The molecule has 22 heavy (non-hydrogen) atoms. The third-order valence-corrected chi connectivity index (χ3v) is 4.67. The number of nitrogens with one attached hydrogen (secondary N) is 2. The van der Waals surface area contributed by atoms with E-state index in [0.29, 0.717) is 18.7 Å². The standard InChI is InChI=1S/C16H17N3O2S/c1-11(14-3-2-10-22-14)18-15(20)12-4-6-13(7-5-12)19-9-8-17-16(19)21/h2-7,10-11H,8-9H2,1H3,(H,17,21)(H,18,20)/t11-/m0/s1. The fourth-order valence-electron chi connectivity index (χ4n) is 2.40. The summed E-state index contributed by atoms with van der Waals surface area (Å²) in [5.41, 5.74) is 1.39. The second-order valence-electron chi connectivity index (χ2n) is 5.14. The van der Waals surface area contributed by atoms with Crippen LogP contribution in [-0.4, -0.2) is 25.0 Å². The Morgan fingerprint density at radius 2 is 2.09 bits per heavy atom. The van der Waals surface area contributed by atoms with Crippen LogP contribution < -0.4 is 15.5 Å². The summed E-state index contributed by atoms with van der Waals surface area (Å²) >= 11 is 1.62. The normalized spacial score (nSPS) is 15.5. The molecule has 6 heteroatoms. The molecule has 5 nitrogen and oxygen atoms in total. The lowest BCUT2D eigenvalue weighted by Gasteiger charge is -2.15. The molecule has 1 fully saturated rings. The zero-order valence-electron chi connectivity index (χ0n) is 12.2. The Bertz CT molecular complexity index is 667. The topological polar surface area (TPSA) is 61.4 Å². The summed E-state index contributed by atoms with van der Waals surface area (Å²) in [6.07, 6.45) is 0. The first-order valence-electron chi connectivity index (χ1n) is 7.15. The van der Waals surface area contributed by atoms with Crippen LogP contribution in [0.25, 0.3) is 0 Å². The average molecular weight is 315 g/mol. The second kappa shape index (κ2) is 6.19. The third-order valence-electron chi connectivity index (χ3n) is 3.62. The van der Waals surface area contributed by atoms with Gasteiger partial charge in [0.05, 0.1) is 6.04 Å². The first kappa shape index (κ1) is 14.6. The van der Waals surface area contributed by atoms with Gasteiger partial charge in [-0.15, -0.1) is 11.3 Å². The minimum atomic E-state index is -0.113. The molecule has 1 atom stereocenters. The summed E-state index contributed by atoms with van der Waals surface area (Å²) in [5, 5.41) is 7.72. The Kier molecular flexibility index (Phi) is 4.11. The lowest BCUT2D eigenvalue weighted by Crippen LogP contribution is -2.28. The monoisotopic (exact) mass is 315 g/mol. The highest BCUT2D eigenvalue weighted by molar-refractivity contribution is 7.10. The number of urea groups is 1. The van der Waals surface area contributed by atoms with Gasteiger partial charge in [-0.2, -0.15) is 0 Å². The van der Waals surface area contributed by atoms with Crippen molar-refractivity contribution >= 4 is 29.0 Å². The van der Waals surface area contributed by atoms with Crippen LogP contribution in [0.3, 0.4) is 0 Å². The van der Waals surface area contributed by atoms with E-state index in [1.807, 2.05) is 24.4 Å². The minimum absolute atomic E-state index is 0.0171. The van der Waals surface area contributed by atoms with Crippen molar-refractivity contribution in [1.29, 1.82) is 0 Å². The van der Waals surface area contributed by atoms with Crippen LogP contribution in [-0.2, 0) is 0 Å². The Balaban J connectivity index is 1.67. The zero-order chi connectivity index (χ0) is 15.5. The number of carbonyl (C=O) groups excluding carboxylic acids is 2. The summed E-state index contributed by atoms with van der Waals surface area (Å²) in [6, 6.07) is 11.0. The largest absolute Gasteiger partial charge is 0.345 e. The lowest BCUT2D eigenvalue weighted by molar-refractivity contribution is 0.0940. The van der Waals surface area contributed by atoms with E-state index in [2.05, 4.69) is 10.6 Å². The summed E-state index contributed by atoms with van der Waals surface area (Å²) in [6.45, 7) is 3.27. The molecule has 1 aromatic carbocycles. The van der Waals surface area contributed by atoms with Crippen LogP contribution in [0.1, 0.15) is 28.2 Å². The third kappa shape index (κ3) is 2.96. The van der Waals surface area contributed by atoms with Gasteiger partial charge in [-0.25, -0.2) is 4.79 Å². The number of carbonyl (C=O) groups is 2. The van der Waals surface area contributed by atoms with E-state index in [1.165, 1.54) is 0 Å². The molecule has 0 saturated carbocycles. The Morgan fingerprint density at radius 1 is 1.32 bits per heavy atom. The van der Waals surface area contributed by atoms with Gasteiger partial charge in [-0.3, -0.25) is 9.69 Å². The molecular weight excluding hydrogens is 298 g/mol. The molecule has 1 aliphatic rings. The second-order valence-corrected chi connectivity index (χ2v) is 6.12. The molecule has 2 aromatic rings. The quantitative estimate of drug-likeness (QED) is 0.911. The predicted octanol–water partition coefficient (Wildman–Crippen LogP) is 2.77. The van der Waals surface area contributed by atoms with E-state index in [9.17, 15) is 9.59 Å². The number of rotatable bonds is 4. The number of benzene rings is 1. The van der Waals surface area contributed by atoms with Crippen molar-refractivity contribution in [2.75, 3.05) is 18.0 Å². The van der Waals surface area contributed by atoms with Crippen molar-refractivity contribution in [3.63, 3.8) is 0 Å². The van der Waals surface area contributed by atoms with Crippen LogP contribution in [0, 0.1) is 0 Å². The molecule has 1 aliphatic heterocycles. The molecule has 1 saturated heterocycles. The summed E-state index contributed by atoms with van der Waals surface area (Å²) < 4.78 is 0. The zero-order valence-corrected chi connectivity index (χ0v) is 13.0. The summed E-state index contributed by atoms with van der Waals surface area (Å²) in [7, 11) is 0. The van der Waals surface area contributed by atoms with Crippen molar-refractivity contribution in [1.82, 2.24) is 10.6 Å². The molecule has 0 spiro atoms. The van der Waals surface area contributed by atoms with E-state index < -0.39 is 0 Å². The van der Waals surface area contributed by atoms with Crippen molar-refractivity contribution in [2.45, 2.75) is 13.0 Å². The van der Waals surface area contributed by atoms with E-state index in [0.717, 1.165) is 10.6 Å². The average Bonchev–Trinajstić information content (AvgIpc) is 3.18.